The summed E-state index contributed by atoms with van der Waals surface area (Å²) in [5, 5.41) is 2.55. The van der Waals surface area contributed by atoms with Crippen molar-refractivity contribution in [2.75, 3.05) is 5.32 Å². The molecule has 0 aliphatic rings. The molecule has 0 unspecified atom stereocenters. The van der Waals surface area contributed by atoms with Crippen LogP contribution >= 0.6 is 0 Å². The van der Waals surface area contributed by atoms with E-state index in [0.29, 0.717) is 0 Å². The summed E-state index contributed by atoms with van der Waals surface area (Å²) in [6.07, 6.45) is 3.40. The van der Waals surface area contributed by atoms with Crippen molar-refractivity contribution in [2.45, 2.75) is 6.54 Å². The second kappa shape index (κ2) is 6.00. The number of carbonyl (C=O) groups is 1. The molecule has 0 radical (unpaired) electrons. The maximum atomic E-state index is 13.2. The molecule has 116 valence electrons. The Bertz CT molecular complexity index is 902. The van der Waals surface area contributed by atoms with E-state index in [1.165, 1.54) is 6.07 Å². The fraction of sp³-hybridized carbons (Fsp3) is 0.0588. The van der Waals surface area contributed by atoms with E-state index in [9.17, 15) is 13.6 Å². The predicted octanol–water partition coefficient (Wildman–Crippen LogP) is 2.95. The first kappa shape index (κ1) is 14.9. The van der Waals surface area contributed by atoms with Crippen LogP contribution in [0.1, 0.15) is 0 Å². The van der Waals surface area contributed by atoms with E-state index in [0.717, 1.165) is 23.2 Å². The van der Waals surface area contributed by atoms with Crippen molar-refractivity contribution >= 4 is 28.8 Å². The molecule has 1 amide bonds. The minimum absolute atomic E-state index is 0.0420. The fourth-order valence-electron chi connectivity index (χ4n) is 2.40. The van der Waals surface area contributed by atoms with Gasteiger partial charge in [-0.15, -0.1) is 0 Å². The van der Waals surface area contributed by atoms with Crippen LogP contribution in [0.2, 0.25) is 0 Å². The molecule has 0 fully saturated rings. The van der Waals surface area contributed by atoms with Crippen LogP contribution in [0.25, 0.3) is 17.2 Å². The van der Waals surface area contributed by atoms with Gasteiger partial charge in [-0.2, -0.15) is 0 Å². The standard InChI is InChI=1S/C17H13F2N3O/c1-2-21-11-22(16-6-4-3-5-15(16)21)10-17(23)20-12-7-8-13(18)14(19)9-12/h2-9,11H,1,10H2/p+1. The first-order chi connectivity index (χ1) is 11.1. The molecule has 3 rings (SSSR count). The summed E-state index contributed by atoms with van der Waals surface area (Å²) in [6, 6.07) is 10.8. The van der Waals surface area contributed by atoms with E-state index in [2.05, 4.69) is 11.9 Å². The molecule has 1 aromatic heterocycles. The molecule has 0 aliphatic carbocycles. The number of hydrogen-bond acceptors (Lipinski definition) is 1. The summed E-state index contributed by atoms with van der Waals surface area (Å²) in [5.41, 5.74) is 2.00. The van der Waals surface area contributed by atoms with Crippen LogP contribution in [0, 0.1) is 11.6 Å². The normalized spacial score (nSPS) is 10.7. The number of rotatable bonds is 4. The minimum Gasteiger partial charge on any atom is -0.323 e. The molecule has 0 saturated heterocycles. The summed E-state index contributed by atoms with van der Waals surface area (Å²) in [7, 11) is 0. The van der Waals surface area contributed by atoms with Crippen LogP contribution < -0.4 is 9.88 Å². The predicted molar refractivity (Wildman–Crippen MR) is 83.5 cm³/mol. The lowest BCUT2D eigenvalue weighted by atomic mass is 10.3. The highest BCUT2D eigenvalue weighted by molar-refractivity contribution is 5.90. The molecule has 0 saturated carbocycles. The van der Waals surface area contributed by atoms with Crippen molar-refractivity contribution in [3.8, 4) is 0 Å². The Kier molecular flexibility index (Phi) is 3.89. The molecule has 1 N–H and O–H groups in total. The topological polar surface area (TPSA) is 37.9 Å². The van der Waals surface area contributed by atoms with Gasteiger partial charge in [0.2, 0.25) is 6.33 Å². The molecule has 1 heterocycles. The average Bonchev–Trinajstić information content (AvgIpc) is 2.89. The van der Waals surface area contributed by atoms with E-state index < -0.39 is 11.6 Å². The number of nitrogens with one attached hydrogen (secondary N) is 1. The maximum Gasteiger partial charge on any atom is 0.266 e. The van der Waals surface area contributed by atoms with Gasteiger partial charge in [0, 0.05) is 11.8 Å². The molecule has 0 atom stereocenters. The molecule has 23 heavy (non-hydrogen) atoms. The summed E-state index contributed by atoms with van der Waals surface area (Å²) in [5.74, 6) is -2.29. The van der Waals surface area contributed by atoms with E-state index >= 15 is 0 Å². The lowest BCUT2D eigenvalue weighted by molar-refractivity contribution is -0.658. The van der Waals surface area contributed by atoms with E-state index in [1.54, 1.807) is 21.7 Å². The molecule has 3 aromatic rings. The van der Waals surface area contributed by atoms with E-state index in [-0.39, 0.29) is 18.1 Å². The zero-order valence-corrected chi connectivity index (χ0v) is 12.2. The molecular weight excluding hydrogens is 300 g/mol. The molecule has 0 bridgehead atoms. The summed E-state index contributed by atoms with van der Waals surface area (Å²) in [6.45, 7) is 3.77. The SMILES string of the molecule is C=Cn1c[n+](CC(=O)Nc2ccc(F)c(F)c2)c2ccccc21. The van der Waals surface area contributed by atoms with Crippen LogP contribution in [0.15, 0.2) is 55.4 Å². The van der Waals surface area contributed by atoms with Crippen molar-refractivity contribution < 1.29 is 18.1 Å². The van der Waals surface area contributed by atoms with E-state index in [4.69, 9.17) is 0 Å². The first-order valence-electron chi connectivity index (χ1n) is 6.95. The van der Waals surface area contributed by atoms with Gasteiger partial charge >= 0.3 is 0 Å². The Morgan fingerprint density at radius 2 is 2.00 bits per heavy atom. The van der Waals surface area contributed by atoms with Gasteiger partial charge in [-0.25, -0.2) is 17.9 Å². The van der Waals surface area contributed by atoms with Gasteiger partial charge in [0.1, 0.15) is 0 Å². The Hall–Kier alpha value is -3.02. The number of carbonyl (C=O) groups excluding carboxylic acids is 1. The lowest BCUT2D eigenvalue weighted by Crippen LogP contribution is -2.39. The van der Waals surface area contributed by atoms with Gasteiger partial charge in [-0.05, 0) is 24.3 Å². The van der Waals surface area contributed by atoms with Crippen LogP contribution in [0.3, 0.4) is 0 Å². The zero-order valence-electron chi connectivity index (χ0n) is 12.2. The van der Waals surface area contributed by atoms with Crippen LogP contribution in [0.5, 0.6) is 0 Å². The number of halogens is 2. The van der Waals surface area contributed by atoms with Crippen molar-refractivity contribution in [3.05, 3.63) is 67.0 Å². The number of aromatic nitrogens is 2. The summed E-state index contributed by atoms with van der Waals surface area (Å²) < 4.78 is 29.6. The fourth-order valence-corrected chi connectivity index (χ4v) is 2.40. The average molecular weight is 314 g/mol. The van der Waals surface area contributed by atoms with Crippen molar-refractivity contribution in [2.24, 2.45) is 0 Å². The summed E-state index contributed by atoms with van der Waals surface area (Å²) in [4.78, 5) is 12.1. The Morgan fingerprint density at radius 3 is 2.74 bits per heavy atom. The number of fused-ring (bicyclic) bond motifs is 1. The Balaban J connectivity index is 1.83. The second-order valence-electron chi connectivity index (χ2n) is 5.00. The largest absolute Gasteiger partial charge is 0.323 e. The van der Waals surface area contributed by atoms with Gasteiger partial charge in [0.05, 0.1) is 6.20 Å². The van der Waals surface area contributed by atoms with Gasteiger partial charge in [-0.1, -0.05) is 18.7 Å². The number of para-hydroxylation sites is 2. The molecule has 4 nitrogen and oxygen atoms in total. The van der Waals surface area contributed by atoms with E-state index in [1.807, 2.05) is 24.3 Å². The number of amides is 1. The highest BCUT2D eigenvalue weighted by Crippen LogP contribution is 2.13. The first-order valence-corrected chi connectivity index (χ1v) is 6.95. The number of benzene rings is 2. The number of hydrogen-bond donors (Lipinski definition) is 1. The van der Waals surface area contributed by atoms with Gasteiger partial charge in [-0.3, -0.25) is 4.79 Å². The van der Waals surface area contributed by atoms with Crippen LogP contribution in [0.4, 0.5) is 14.5 Å². The number of anilines is 1. The highest BCUT2D eigenvalue weighted by atomic mass is 19.2. The van der Waals surface area contributed by atoms with Gasteiger partial charge in [0.25, 0.3) is 5.91 Å². The Labute approximate surface area is 131 Å². The van der Waals surface area contributed by atoms with Crippen LogP contribution in [-0.4, -0.2) is 10.5 Å². The highest BCUT2D eigenvalue weighted by Gasteiger charge is 2.16. The molecule has 0 aliphatic heterocycles. The lowest BCUT2D eigenvalue weighted by Gasteiger charge is -2.04. The molecule has 2 aromatic carbocycles. The van der Waals surface area contributed by atoms with Crippen molar-refractivity contribution in [1.82, 2.24) is 4.57 Å². The third kappa shape index (κ3) is 2.96. The maximum absolute atomic E-state index is 13.2. The Morgan fingerprint density at radius 1 is 1.22 bits per heavy atom. The van der Waals surface area contributed by atoms with Gasteiger partial charge in [0.15, 0.2) is 29.2 Å². The molecular formula is C17H14F2N3O+. The van der Waals surface area contributed by atoms with Crippen molar-refractivity contribution in [1.29, 1.82) is 0 Å². The summed E-state index contributed by atoms with van der Waals surface area (Å²) >= 11 is 0. The van der Waals surface area contributed by atoms with Crippen molar-refractivity contribution in [3.63, 3.8) is 0 Å². The number of nitrogens with zero attached hydrogens (tertiary/aromatic N) is 2. The van der Waals surface area contributed by atoms with Gasteiger partial charge < -0.3 is 5.32 Å². The van der Waals surface area contributed by atoms with Crippen LogP contribution in [-0.2, 0) is 11.3 Å². The third-order valence-electron chi connectivity index (χ3n) is 3.45. The molecule has 0 spiro atoms. The zero-order chi connectivity index (χ0) is 16.4. The number of imidazole rings is 1. The monoisotopic (exact) mass is 314 g/mol. The third-order valence-corrected chi connectivity index (χ3v) is 3.45. The minimum atomic E-state index is -1.00. The molecule has 6 heteroatoms. The second-order valence-corrected chi connectivity index (χ2v) is 5.00. The quantitative estimate of drug-likeness (QED) is 0.739. The smallest absolute Gasteiger partial charge is 0.266 e.